The molecule has 1 aliphatic heterocycles. The van der Waals surface area contributed by atoms with E-state index in [0.717, 1.165) is 27.1 Å². The lowest BCUT2D eigenvalue weighted by molar-refractivity contribution is 0.383. The van der Waals surface area contributed by atoms with Crippen LogP contribution in [0, 0.1) is 5.82 Å². The number of anilines is 1. The van der Waals surface area contributed by atoms with Gasteiger partial charge in [-0.25, -0.2) is 4.39 Å². The Labute approximate surface area is 189 Å². The maximum atomic E-state index is 13.5. The number of hydrogen-bond donors (Lipinski definition) is 1. The second-order valence-electron chi connectivity index (χ2n) is 7.04. The molecule has 0 bridgehead atoms. The molecule has 1 aliphatic rings. The zero-order valence-corrected chi connectivity index (χ0v) is 17.9. The Hall–Kier alpha value is -3.16. The van der Waals surface area contributed by atoms with Crippen molar-refractivity contribution in [3.05, 3.63) is 108 Å². The minimum Gasteiger partial charge on any atom is -0.452 e. The predicted molar refractivity (Wildman–Crippen MR) is 124 cm³/mol. The number of furan rings is 1. The number of nitrogens with zero attached hydrogens (tertiary/aromatic N) is 2. The average molecular weight is 448 g/mol. The van der Waals surface area contributed by atoms with Gasteiger partial charge in [-0.2, -0.15) is 0 Å². The highest BCUT2D eigenvalue weighted by atomic mass is 32.2. The Balaban J connectivity index is 1.53. The molecule has 0 aliphatic carbocycles. The molecule has 31 heavy (non-hydrogen) atoms. The van der Waals surface area contributed by atoms with Gasteiger partial charge < -0.3 is 14.6 Å². The number of aromatic nitrogens is 1. The van der Waals surface area contributed by atoms with Crippen molar-refractivity contribution in [2.75, 3.05) is 4.90 Å². The van der Waals surface area contributed by atoms with E-state index in [1.54, 1.807) is 30.1 Å². The molecule has 1 N–H and O–H groups in total. The zero-order valence-electron chi connectivity index (χ0n) is 16.3. The van der Waals surface area contributed by atoms with E-state index in [-0.39, 0.29) is 17.9 Å². The Morgan fingerprint density at radius 3 is 2.45 bits per heavy atom. The Bertz CT molecular complexity index is 1180. The molecule has 2 atom stereocenters. The summed E-state index contributed by atoms with van der Waals surface area (Å²) in [5.41, 5.74) is 1.64. The SMILES string of the molecule is Fc1ccc(N2C(=S)N[C@H](c3ccccn3)[C@@H]2c2ccc(Sc3ccccc3)o2)cc1. The van der Waals surface area contributed by atoms with Gasteiger partial charge in [0.1, 0.15) is 17.6 Å². The van der Waals surface area contributed by atoms with Crippen molar-refractivity contribution >= 4 is 34.8 Å². The molecule has 0 unspecified atom stereocenters. The van der Waals surface area contributed by atoms with Gasteiger partial charge in [0.05, 0.1) is 11.7 Å². The summed E-state index contributed by atoms with van der Waals surface area (Å²) in [6.07, 6.45) is 1.76. The minimum atomic E-state index is -0.292. The van der Waals surface area contributed by atoms with Crippen LogP contribution in [0.25, 0.3) is 0 Å². The lowest BCUT2D eigenvalue weighted by Gasteiger charge is -2.26. The van der Waals surface area contributed by atoms with Gasteiger partial charge in [0, 0.05) is 16.8 Å². The third-order valence-electron chi connectivity index (χ3n) is 5.06. The van der Waals surface area contributed by atoms with Crippen LogP contribution < -0.4 is 10.2 Å². The van der Waals surface area contributed by atoms with Crippen molar-refractivity contribution in [3.8, 4) is 0 Å². The number of pyridine rings is 1. The van der Waals surface area contributed by atoms with Crippen LogP contribution >= 0.6 is 24.0 Å². The second kappa shape index (κ2) is 8.53. The van der Waals surface area contributed by atoms with Crippen molar-refractivity contribution in [2.45, 2.75) is 22.1 Å². The molecule has 1 fully saturated rings. The van der Waals surface area contributed by atoms with Crippen molar-refractivity contribution in [1.82, 2.24) is 10.3 Å². The number of rotatable bonds is 5. The van der Waals surface area contributed by atoms with E-state index in [0.29, 0.717) is 5.11 Å². The van der Waals surface area contributed by atoms with Crippen LogP contribution in [-0.2, 0) is 0 Å². The Morgan fingerprint density at radius 2 is 1.71 bits per heavy atom. The number of halogens is 1. The average Bonchev–Trinajstić information content (AvgIpc) is 3.40. The van der Waals surface area contributed by atoms with Crippen molar-refractivity contribution in [3.63, 3.8) is 0 Å². The molecule has 7 heteroatoms. The molecular weight excluding hydrogens is 429 g/mol. The highest BCUT2D eigenvalue weighted by molar-refractivity contribution is 7.99. The van der Waals surface area contributed by atoms with Crippen LogP contribution in [0.4, 0.5) is 10.1 Å². The molecule has 4 nitrogen and oxygen atoms in total. The summed E-state index contributed by atoms with van der Waals surface area (Å²) in [5.74, 6) is 0.463. The molecule has 4 aromatic rings. The van der Waals surface area contributed by atoms with Gasteiger partial charge in [0.2, 0.25) is 0 Å². The van der Waals surface area contributed by atoms with Crippen LogP contribution in [0.3, 0.4) is 0 Å². The van der Waals surface area contributed by atoms with E-state index in [9.17, 15) is 4.39 Å². The lowest BCUT2D eigenvalue weighted by atomic mass is 10.0. The van der Waals surface area contributed by atoms with Gasteiger partial charge in [-0.05, 0) is 72.9 Å². The van der Waals surface area contributed by atoms with Crippen LogP contribution in [-0.4, -0.2) is 10.1 Å². The summed E-state index contributed by atoms with van der Waals surface area (Å²) in [7, 11) is 0. The van der Waals surface area contributed by atoms with Crippen molar-refractivity contribution in [2.24, 2.45) is 0 Å². The maximum Gasteiger partial charge on any atom is 0.174 e. The summed E-state index contributed by atoms with van der Waals surface area (Å²) >= 11 is 7.23. The molecule has 154 valence electrons. The van der Waals surface area contributed by atoms with Gasteiger partial charge in [0.15, 0.2) is 10.2 Å². The van der Waals surface area contributed by atoms with Gasteiger partial charge in [0.25, 0.3) is 0 Å². The smallest absolute Gasteiger partial charge is 0.174 e. The molecule has 0 spiro atoms. The van der Waals surface area contributed by atoms with Gasteiger partial charge in [-0.1, -0.05) is 36.0 Å². The number of nitrogens with one attached hydrogen (secondary N) is 1. The van der Waals surface area contributed by atoms with Crippen LogP contribution in [0.1, 0.15) is 23.5 Å². The molecule has 0 saturated carbocycles. The van der Waals surface area contributed by atoms with E-state index in [1.807, 2.05) is 65.6 Å². The maximum absolute atomic E-state index is 13.5. The van der Waals surface area contributed by atoms with Crippen LogP contribution in [0.5, 0.6) is 0 Å². The molecule has 0 amide bonds. The minimum absolute atomic E-state index is 0.209. The van der Waals surface area contributed by atoms with Crippen molar-refractivity contribution < 1.29 is 8.81 Å². The highest BCUT2D eigenvalue weighted by Gasteiger charge is 2.42. The number of hydrogen-bond acceptors (Lipinski definition) is 4. The number of benzene rings is 2. The Morgan fingerprint density at radius 1 is 0.935 bits per heavy atom. The zero-order chi connectivity index (χ0) is 21.2. The number of thiocarbonyl (C=S) groups is 1. The van der Waals surface area contributed by atoms with Crippen molar-refractivity contribution in [1.29, 1.82) is 0 Å². The first kappa shape index (κ1) is 19.8. The third-order valence-corrected chi connectivity index (χ3v) is 6.30. The molecule has 3 heterocycles. The fourth-order valence-electron chi connectivity index (χ4n) is 3.68. The highest BCUT2D eigenvalue weighted by Crippen LogP contribution is 2.43. The second-order valence-corrected chi connectivity index (χ2v) is 8.51. The van der Waals surface area contributed by atoms with E-state index >= 15 is 0 Å². The quantitative estimate of drug-likeness (QED) is 0.371. The fraction of sp³-hybridized carbons (Fsp3) is 0.0833. The summed E-state index contributed by atoms with van der Waals surface area (Å²) in [5, 5.41) is 4.71. The van der Waals surface area contributed by atoms with E-state index < -0.39 is 0 Å². The van der Waals surface area contributed by atoms with Gasteiger partial charge >= 0.3 is 0 Å². The largest absolute Gasteiger partial charge is 0.452 e. The molecule has 5 rings (SSSR count). The third kappa shape index (κ3) is 4.06. The summed E-state index contributed by atoms with van der Waals surface area (Å²) in [6, 6.07) is 25.6. The normalized spacial score (nSPS) is 18.2. The molecule has 0 radical (unpaired) electrons. The van der Waals surface area contributed by atoms with Crippen LogP contribution in [0.15, 0.2) is 106 Å². The monoisotopic (exact) mass is 447 g/mol. The fourth-order valence-corrected chi connectivity index (χ4v) is 4.82. The van der Waals surface area contributed by atoms with E-state index in [4.69, 9.17) is 16.6 Å². The van der Waals surface area contributed by atoms with E-state index in [1.165, 1.54) is 12.1 Å². The van der Waals surface area contributed by atoms with E-state index in [2.05, 4.69) is 10.3 Å². The molecular formula is C24H18FN3OS2. The van der Waals surface area contributed by atoms with Crippen LogP contribution in [0.2, 0.25) is 0 Å². The summed E-state index contributed by atoms with van der Waals surface area (Å²) < 4.78 is 19.8. The van der Waals surface area contributed by atoms with Gasteiger partial charge in [-0.15, -0.1) is 0 Å². The van der Waals surface area contributed by atoms with Gasteiger partial charge in [-0.3, -0.25) is 4.98 Å². The molecule has 2 aromatic carbocycles. The standard InChI is InChI=1S/C24H18FN3OS2/c25-16-9-11-17(12-10-16)28-23(22(27-24(28)30)19-8-4-5-15-26-19)20-13-14-21(29-20)31-18-6-2-1-3-7-18/h1-15,22-23H,(H,27,30)/t22-,23+/m1/s1. The lowest BCUT2D eigenvalue weighted by Crippen LogP contribution is -2.29. The summed E-state index contributed by atoms with van der Waals surface area (Å²) in [4.78, 5) is 7.59. The molecule has 2 aromatic heterocycles. The topological polar surface area (TPSA) is 41.3 Å². The molecule has 1 saturated heterocycles. The predicted octanol–water partition coefficient (Wildman–Crippen LogP) is 6.14. The first-order valence-electron chi connectivity index (χ1n) is 9.78. The first-order chi connectivity index (χ1) is 15.2. The Kier molecular flexibility index (Phi) is 5.44. The first-order valence-corrected chi connectivity index (χ1v) is 11.0. The summed E-state index contributed by atoms with van der Waals surface area (Å²) in [6.45, 7) is 0.